The zero-order valence-corrected chi connectivity index (χ0v) is 17.7. The van der Waals surface area contributed by atoms with Gasteiger partial charge in [-0.2, -0.15) is 4.31 Å². The number of hydrogen-bond acceptors (Lipinski definition) is 4. The van der Waals surface area contributed by atoms with Crippen molar-refractivity contribution in [2.24, 2.45) is 5.92 Å². The molecule has 1 aliphatic rings. The Hall–Kier alpha value is -2.38. The highest BCUT2D eigenvalue weighted by Gasteiger charge is 2.32. The van der Waals surface area contributed by atoms with Crippen molar-refractivity contribution in [1.82, 2.24) is 9.62 Å². The van der Waals surface area contributed by atoms with Crippen molar-refractivity contribution in [3.63, 3.8) is 0 Å². The van der Waals surface area contributed by atoms with Crippen LogP contribution in [-0.4, -0.2) is 38.3 Å². The van der Waals surface area contributed by atoms with E-state index in [2.05, 4.69) is 5.32 Å². The zero-order chi connectivity index (χ0) is 20.9. The van der Waals surface area contributed by atoms with Crippen LogP contribution in [-0.2, 0) is 21.4 Å². The summed E-state index contributed by atoms with van der Waals surface area (Å²) in [5, 5.41) is 2.98. The van der Waals surface area contributed by atoms with Gasteiger partial charge in [0.2, 0.25) is 15.9 Å². The summed E-state index contributed by atoms with van der Waals surface area (Å²) in [7, 11) is -3.56. The van der Waals surface area contributed by atoms with E-state index in [0.29, 0.717) is 44.8 Å². The van der Waals surface area contributed by atoms with Gasteiger partial charge in [0, 0.05) is 25.6 Å². The van der Waals surface area contributed by atoms with Crippen molar-refractivity contribution in [2.45, 2.75) is 38.1 Å². The summed E-state index contributed by atoms with van der Waals surface area (Å²) in [5.74, 6) is 0.478. The van der Waals surface area contributed by atoms with E-state index in [1.54, 1.807) is 24.3 Å². The number of nitrogens with zero attached hydrogens (tertiary/aromatic N) is 1. The van der Waals surface area contributed by atoms with Gasteiger partial charge in [-0.25, -0.2) is 8.42 Å². The van der Waals surface area contributed by atoms with E-state index in [9.17, 15) is 13.2 Å². The largest absolute Gasteiger partial charge is 0.494 e. The molecule has 156 valence electrons. The van der Waals surface area contributed by atoms with Crippen molar-refractivity contribution in [1.29, 1.82) is 0 Å². The maximum Gasteiger partial charge on any atom is 0.243 e. The molecule has 0 unspecified atom stereocenters. The molecule has 7 heteroatoms. The van der Waals surface area contributed by atoms with Crippen molar-refractivity contribution in [3.05, 3.63) is 59.7 Å². The molecule has 0 aliphatic carbocycles. The molecule has 1 heterocycles. The highest BCUT2D eigenvalue weighted by molar-refractivity contribution is 7.89. The van der Waals surface area contributed by atoms with Crippen LogP contribution in [0.3, 0.4) is 0 Å². The van der Waals surface area contributed by atoms with Crippen molar-refractivity contribution in [3.8, 4) is 5.75 Å². The van der Waals surface area contributed by atoms with Crippen LogP contribution < -0.4 is 10.1 Å². The second-order valence-corrected chi connectivity index (χ2v) is 9.23. The van der Waals surface area contributed by atoms with Crippen LogP contribution in [0.2, 0.25) is 0 Å². The van der Waals surface area contributed by atoms with E-state index in [-0.39, 0.29) is 16.7 Å². The number of rotatable bonds is 7. The molecule has 0 radical (unpaired) electrons. The molecular formula is C22H28N2O4S. The SMILES string of the molecule is CCOc1ccc(S(=O)(=O)N2CCC(C(=O)NCc3cccc(C)c3)CC2)cc1. The molecule has 1 aliphatic heterocycles. The second-order valence-electron chi connectivity index (χ2n) is 7.29. The van der Waals surface area contributed by atoms with Gasteiger partial charge < -0.3 is 10.1 Å². The molecule has 29 heavy (non-hydrogen) atoms. The Bertz CT molecular complexity index is 934. The summed E-state index contributed by atoms with van der Waals surface area (Å²) in [6.45, 7) is 5.62. The Morgan fingerprint density at radius 1 is 1.14 bits per heavy atom. The molecule has 3 rings (SSSR count). The van der Waals surface area contributed by atoms with E-state index in [4.69, 9.17) is 4.74 Å². The van der Waals surface area contributed by atoms with Crippen LogP contribution in [0.5, 0.6) is 5.75 Å². The average molecular weight is 417 g/mol. The number of ether oxygens (including phenoxy) is 1. The maximum absolute atomic E-state index is 12.9. The fourth-order valence-electron chi connectivity index (χ4n) is 3.54. The Balaban J connectivity index is 1.54. The van der Waals surface area contributed by atoms with Gasteiger partial charge in [0.1, 0.15) is 5.75 Å². The first-order valence-electron chi connectivity index (χ1n) is 9.96. The predicted octanol–water partition coefficient (Wildman–Crippen LogP) is 3.11. The van der Waals surface area contributed by atoms with Gasteiger partial charge in [-0.05, 0) is 56.5 Å². The monoisotopic (exact) mass is 416 g/mol. The van der Waals surface area contributed by atoms with E-state index >= 15 is 0 Å². The standard InChI is InChI=1S/C22H28N2O4S/c1-3-28-20-7-9-21(10-8-20)29(26,27)24-13-11-19(12-14-24)22(25)23-16-18-6-4-5-17(2)15-18/h4-10,15,19H,3,11-14,16H2,1-2H3,(H,23,25). The average Bonchev–Trinajstić information content (AvgIpc) is 2.73. The van der Waals surface area contributed by atoms with Crippen LogP contribution in [0.1, 0.15) is 30.9 Å². The molecule has 1 N–H and O–H groups in total. The molecule has 2 aromatic carbocycles. The summed E-state index contributed by atoms with van der Waals surface area (Å²) in [4.78, 5) is 12.7. The molecular weight excluding hydrogens is 388 g/mol. The number of hydrogen-bond donors (Lipinski definition) is 1. The second kappa shape index (κ2) is 9.41. The Kier molecular flexibility index (Phi) is 6.92. The Labute approximate surface area is 172 Å². The molecule has 0 spiro atoms. The summed E-state index contributed by atoms with van der Waals surface area (Å²) in [6, 6.07) is 14.5. The van der Waals surface area contributed by atoms with Gasteiger partial charge in [0.05, 0.1) is 11.5 Å². The molecule has 1 amide bonds. The van der Waals surface area contributed by atoms with Crippen molar-refractivity contribution < 1.29 is 17.9 Å². The predicted molar refractivity (Wildman–Crippen MR) is 112 cm³/mol. The highest BCUT2D eigenvalue weighted by atomic mass is 32.2. The van der Waals surface area contributed by atoms with E-state index in [0.717, 1.165) is 11.1 Å². The van der Waals surface area contributed by atoms with Gasteiger partial charge in [-0.15, -0.1) is 0 Å². The minimum Gasteiger partial charge on any atom is -0.494 e. The number of benzene rings is 2. The first kappa shape index (κ1) is 21.3. The van der Waals surface area contributed by atoms with Crippen LogP contribution in [0.25, 0.3) is 0 Å². The topological polar surface area (TPSA) is 75.7 Å². The fraction of sp³-hybridized carbons (Fsp3) is 0.409. The Morgan fingerprint density at radius 2 is 1.83 bits per heavy atom. The number of sulfonamides is 1. The van der Waals surface area contributed by atoms with Gasteiger partial charge in [0.25, 0.3) is 0 Å². The third-order valence-electron chi connectivity index (χ3n) is 5.15. The van der Waals surface area contributed by atoms with E-state index < -0.39 is 10.0 Å². The number of carbonyl (C=O) groups is 1. The van der Waals surface area contributed by atoms with Crippen LogP contribution >= 0.6 is 0 Å². The highest BCUT2D eigenvalue weighted by Crippen LogP contribution is 2.25. The number of nitrogens with one attached hydrogen (secondary N) is 1. The van der Waals surface area contributed by atoms with Gasteiger partial charge >= 0.3 is 0 Å². The number of amides is 1. The maximum atomic E-state index is 12.9. The molecule has 0 aromatic heterocycles. The first-order valence-corrected chi connectivity index (χ1v) is 11.4. The van der Waals surface area contributed by atoms with Crippen molar-refractivity contribution >= 4 is 15.9 Å². The molecule has 2 aromatic rings. The lowest BCUT2D eigenvalue weighted by atomic mass is 9.97. The van der Waals surface area contributed by atoms with Gasteiger partial charge in [0.15, 0.2) is 0 Å². The lowest BCUT2D eigenvalue weighted by Crippen LogP contribution is -2.42. The van der Waals surface area contributed by atoms with Crippen LogP contribution in [0, 0.1) is 12.8 Å². The number of aryl methyl sites for hydroxylation is 1. The lowest BCUT2D eigenvalue weighted by molar-refractivity contribution is -0.126. The van der Waals surface area contributed by atoms with Gasteiger partial charge in [-0.1, -0.05) is 29.8 Å². The molecule has 0 saturated carbocycles. The minimum atomic E-state index is -3.56. The Morgan fingerprint density at radius 3 is 2.45 bits per heavy atom. The van der Waals surface area contributed by atoms with Crippen LogP contribution in [0.4, 0.5) is 0 Å². The number of carbonyl (C=O) groups excluding carboxylic acids is 1. The molecule has 1 saturated heterocycles. The van der Waals surface area contributed by atoms with Crippen LogP contribution in [0.15, 0.2) is 53.4 Å². The molecule has 0 bridgehead atoms. The van der Waals surface area contributed by atoms with E-state index in [1.165, 1.54) is 4.31 Å². The zero-order valence-electron chi connectivity index (χ0n) is 16.9. The molecule has 0 atom stereocenters. The minimum absolute atomic E-state index is 0.00961. The van der Waals surface area contributed by atoms with E-state index in [1.807, 2.05) is 38.1 Å². The lowest BCUT2D eigenvalue weighted by Gasteiger charge is -2.30. The smallest absolute Gasteiger partial charge is 0.243 e. The summed E-state index contributed by atoms with van der Waals surface area (Å²) in [5.41, 5.74) is 2.22. The van der Waals surface area contributed by atoms with Crippen molar-refractivity contribution in [2.75, 3.05) is 19.7 Å². The summed E-state index contributed by atoms with van der Waals surface area (Å²) in [6.07, 6.45) is 1.05. The third kappa shape index (κ3) is 5.36. The first-order chi connectivity index (χ1) is 13.9. The molecule has 6 nitrogen and oxygen atoms in total. The summed E-state index contributed by atoms with van der Waals surface area (Å²) < 4.78 is 32.6. The summed E-state index contributed by atoms with van der Waals surface area (Å²) >= 11 is 0. The quantitative estimate of drug-likeness (QED) is 0.753. The fourth-order valence-corrected chi connectivity index (χ4v) is 5.01. The van der Waals surface area contributed by atoms with Gasteiger partial charge in [-0.3, -0.25) is 4.79 Å². The molecule has 1 fully saturated rings. The number of piperidine rings is 1. The third-order valence-corrected chi connectivity index (χ3v) is 7.06. The normalized spacial score (nSPS) is 15.8.